The fraction of sp³-hybridized carbons (Fsp3) is 0.231. The zero-order chi connectivity index (χ0) is 22.1. The Balaban J connectivity index is 1.62. The summed E-state index contributed by atoms with van der Waals surface area (Å²) in [6.45, 7) is 9.98. The van der Waals surface area contributed by atoms with Crippen molar-refractivity contribution in [2.24, 2.45) is 0 Å². The molecule has 0 saturated heterocycles. The van der Waals surface area contributed by atoms with E-state index in [1.54, 1.807) is 12.1 Å². The first-order valence-corrected chi connectivity index (χ1v) is 10.4. The van der Waals surface area contributed by atoms with Crippen LogP contribution >= 0.6 is 0 Å². The molecule has 1 amide bonds. The van der Waals surface area contributed by atoms with Crippen molar-refractivity contribution < 1.29 is 13.9 Å². The molecule has 0 aliphatic rings. The maximum Gasteiger partial charge on any atom is 0.255 e. The van der Waals surface area contributed by atoms with E-state index in [0.717, 1.165) is 27.8 Å². The number of ether oxygens (including phenoxy) is 1. The number of hydrogen-bond acceptors (Lipinski definition) is 4. The summed E-state index contributed by atoms with van der Waals surface area (Å²) in [7, 11) is 0. The Morgan fingerprint density at radius 2 is 1.74 bits per heavy atom. The average Bonchev–Trinajstić information content (AvgIpc) is 3.12. The van der Waals surface area contributed by atoms with Gasteiger partial charge in [0, 0.05) is 16.8 Å². The van der Waals surface area contributed by atoms with E-state index in [0.29, 0.717) is 22.9 Å². The molecular formula is C26H26N2O3. The third kappa shape index (κ3) is 4.45. The number of rotatable bonds is 5. The lowest BCUT2D eigenvalue weighted by atomic mass is 10.1. The molecule has 0 unspecified atom stereocenters. The van der Waals surface area contributed by atoms with Crippen molar-refractivity contribution in [2.45, 2.75) is 40.7 Å². The van der Waals surface area contributed by atoms with E-state index in [1.165, 1.54) is 5.56 Å². The maximum absolute atomic E-state index is 12.9. The Morgan fingerprint density at radius 1 is 0.968 bits per heavy atom. The maximum atomic E-state index is 12.9. The molecule has 0 aliphatic carbocycles. The van der Waals surface area contributed by atoms with E-state index < -0.39 is 0 Å². The summed E-state index contributed by atoms with van der Waals surface area (Å²) >= 11 is 0. The van der Waals surface area contributed by atoms with Crippen LogP contribution in [-0.2, 0) is 0 Å². The number of fused-ring (bicyclic) bond motifs is 1. The number of oxazole rings is 1. The van der Waals surface area contributed by atoms with Gasteiger partial charge < -0.3 is 14.5 Å². The Morgan fingerprint density at radius 3 is 2.52 bits per heavy atom. The number of anilines is 1. The summed E-state index contributed by atoms with van der Waals surface area (Å²) in [5, 5.41) is 3.01. The topological polar surface area (TPSA) is 64.4 Å². The van der Waals surface area contributed by atoms with Crippen LogP contribution in [0.3, 0.4) is 0 Å². The summed E-state index contributed by atoms with van der Waals surface area (Å²) in [4.78, 5) is 17.5. The molecule has 1 aromatic heterocycles. The number of nitrogens with one attached hydrogen (secondary N) is 1. The number of carbonyl (C=O) groups is 1. The second-order valence-electron chi connectivity index (χ2n) is 8.10. The van der Waals surface area contributed by atoms with Gasteiger partial charge in [0.1, 0.15) is 11.3 Å². The normalized spacial score (nSPS) is 11.2. The lowest BCUT2D eigenvalue weighted by molar-refractivity contribution is 0.102. The molecule has 0 spiro atoms. The van der Waals surface area contributed by atoms with Gasteiger partial charge in [-0.15, -0.1) is 0 Å². The molecule has 4 rings (SSSR count). The largest absolute Gasteiger partial charge is 0.491 e. The fourth-order valence-electron chi connectivity index (χ4n) is 3.37. The second-order valence-corrected chi connectivity index (χ2v) is 8.10. The molecule has 31 heavy (non-hydrogen) atoms. The Bertz CT molecular complexity index is 1230. The van der Waals surface area contributed by atoms with Gasteiger partial charge in [0.2, 0.25) is 5.89 Å². The molecule has 0 bridgehead atoms. The highest BCUT2D eigenvalue weighted by Gasteiger charge is 2.14. The zero-order valence-electron chi connectivity index (χ0n) is 18.4. The van der Waals surface area contributed by atoms with Gasteiger partial charge in [-0.05, 0) is 93.8 Å². The lowest BCUT2D eigenvalue weighted by Crippen LogP contribution is -2.13. The van der Waals surface area contributed by atoms with Crippen molar-refractivity contribution in [3.05, 3.63) is 76.9 Å². The van der Waals surface area contributed by atoms with E-state index >= 15 is 0 Å². The number of aryl methyl sites for hydroxylation is 3. The van der Waals surface area contributed by atoms with Crippen molar-refractivity contribution in [1.29, 1.82) is 0 Å². The highest BCUT2D eigenvalue weighted by molar-refractivity contribution is 6.05. The Hall–Kier alpha value is -3.60. The number of aromatic nitrogens is 1. The highest BCUT2D eigenvalue weighted by atomic mass is 16.5. The summed E-state index contributed by atoms with van der Waals surface area (Å²) in [6.07, 6.45) is 0.0427. The Kier molecular flexibility index (Phi) is 5.51. The number of benzene rings is 3. The van der Waals surface area contributed by atoms with Gasteiger partial charge in [0.25, 0.3) is 5.91 Å². The van der Waals surface area contributed by atoms with Gasteiger partial charge in [-0.2, -0.15) is 0 Å². The Labute approximate surface area is 182 Å². The molecule has 158 valence electrons. The third-order valence-electron chi connectivity index (χ3n) is 5.20. The van der Waals surface area contributed by atoms with Gasteiger partial charge in [0.15, 0.2) is 5.58 Å². The summed E-state index contributed by atoms with van der Waals surface area (Å²) in [5.41, 5.74) is 6.93. The molecule has 0 atom stereocenters. The molecule has 0 fully saturated rings. The highest BCUT2D eigenvalue weighted by Crippen LogP contribution is 2.29. The first-order chi connectivity index (χ1) is 14.8. The van der Waals surface area contributed by atoms with E-state index in [1.807, 2.05) is 63.2 Å². The van der Waals surface area contributed by atoms with E-state index in [9.17, 15) is 4.79 Å². The van der Waals surface area contributed by atoms with Crippen LogP contribution in [0.5, 0.6) is 5.75 Å². The minimum Gasteiger partial charge on any atom is -0.491 e. The predicted molar refractivity (Wildman–Crippen MR) is 124 cm³/mol. The first-order valence-electron chi connectivity index (χ1n) is 10.4. The van der Waals surface area contributed by atoms with Crippen molar-refractivity contribution in [3.63, 3.8) is 0 Å². The predicted octanol–water partition coefficient (Wildman–Crippen LogP) is 6.46. The number of carbonyl (C=O) groups excluding carboxylic acids is 1. The van der Waals surface area contributed by atoms with E-state index in [2.05, 4.69) is 24.1 Å². The number of hydrogen-bond donors (Lipinski definition) is 1. The van der Waals surface area contributed by atoms with Crippen molar-refractivity contribution in [2.75, 3.05) is 5.32 Å². The average molecular weight is 415 g/mol. The smallest absolute Gasteiger partial charge is 0.255 e. The van der Waals surface area contributed by atoms with E-state index in [-0.39, 0.29) is 12.0 Å². The van der Waals surface area contributed by atoms with Crippen molar-refractivity contribution >= 4 is 22.7 Å². The zero-order valence-corrected chi connectivity index (χ0v) is 18.4. The SMILES string of the molecule is Cc1cc2nc(-c3ccc(C)c(NC(=O)c4cccc(OC(C)C)c4)c3)oc2cc1C. The van der Waals surface area contributed by atoms with Crippen LogP contribution in [0.2, 0.25) is 0 Å². The minimum atomic E-state index is -0.196. The molecule has 3 aromatic carbocycles. The molecular weight excluding hydrogens is 388 g/mol. The van der Waals surface area contributed by atoms with Crippen molar-refractivity contribution in [1.82, 2.24) is 4.98 Å². The molecule has 5 heteroatoms. The minimum absolute atomic E-state index is 0.0427. The molecule has 0 aliphatic heterocycles. The quantitative estimate of drug-likeness (QED) is 0.407. The molecule has 0 radical (unpaired) electrons. The van der Waals surface area contributed by atoms with Crippen LogP contribution in [0.15, 0.2) is 59.0 Å². The molecule has 1 N–H and O–H groups in total. The number of amides is 1. The summed E-state index contributed by atoms with van der Waals surface area (Å²) in [5.74, 6) is 1.01. The van der Waals surface area contributed by atoms with Gasteiger partial charge >= 0.3 is 0 Å². The first kappa shape index (κ1) is 20.7. The second kappa shape index (κ2) is 8.26. The standard InChI is InChI=1S/C26H26N2O3/c1-15(2)30-21-8-6-7-19(13-21)25(29)27-22-14-20(10-9-16(22)3)26-28-23-11-17(4)18(5)12-24(23)31-26/h6-15H,1-5H3,(H,27,29). The molecule has 4 aromatic rings. The lowest BCUT2D eigenvalue weighted by Gasteiger charge is -2.12. The van der Waals surface area contributed by atoms with Crippen molar-refractivity contribution in [3.8, 4) is 17.2 Å². The van der Waals surface area contributed by atoms with E-state index in [4.69, 9.17) is 9.15 Å². The van der Waals surface area contributed by atoms with Gasteiger partial charge in [-0.3, -0.25) is 4.79 Å². The van der Waals surface area contributed by atoms with Crippen LogP contribution in [0.25, 0.3) is 22.6 Å². The van der Waals surface area contributed by atoms with Gasteiger partial charge in [-0.1, -0.05) is 12.1 Å². The number of nitrogens with zero attached hydrogens (tertiary/aromatic N) is 1. The van der Waals surface area contributed by atoms with Crippen LogP contribution in [0, 0.1) is 20.8 Å². The van der Waals surface area contributed by atoms with Gasteiger partial charge in [-0.25, -0.2) is 4.98 Å². The molecule has 5 nitrogen and oxygen atoms in total. The van der Waals surface area contributed by atoms with Crippen LogP contribution < -0.4 is 10.1 Å². The monoisotopic (exact) mass is 414 g/mol. The molecule has 0 saturated carbocycles. The third-order valence-corrected chi connectivity index (χ3v) is 5.20. The fourth-order valence-corrected chi connectivity index (χ4v) is 3.37. The summed E-state index contributed by atoms with van der Waals surface area (Å²) in [6, 6.07) is 17.0. The summed E-state index contributed by atoms with van der Waals surface area (Å²) < 4.78 is 11.7. The van der Waals surface area contributed by atoms with Gasteiger partial charge in [0.05, 0.1) is 6.10 Å². The van der Waals surface area contributed by atoms with Crippen LogP contribution in [-0.4, -0.2) is 17.0 Å². The van der Waals surface area contributed by atoms with Crippen LogP contribution in [0.4, 0.5) is 5.69 Å². The van der Waals surface area contributed by atoms with Crippen LogP contribution in [0.1, 0.15) is 40.9 Å². The molecule has 1 heterocycles.